The molecule has 2 atom stereocenters. The Hall–Kier alpha value is -2.34. The Kier molecular flexibility index (Phi) is 3.62. The smallest absolute Gasteiger partial charge is 0.258 e. The molecule has 6 heteroatoms. The van der Waals surface area contributed by atoms with Gasteiger partial charge >= 0.3 is 0 Å². The third-order valence-electron chi connectivity index (χ3n) is 3.48. The Labute approximate surface area is 121 Å². The second-order valence-electron chi connectivity index (χ2n) is 5.08. The molecule has 0 aliphatic heterocycles. The van der Waals surface area contributed by atoms with Gasteiger partial charge in [0.2, 0.25) is 0 Å². The third kappa shape index (κ3) is 2.90. The van der Waals surface area contributed by atoms with Crippen molar-refractivity contribution in [2.45, 2.75) is 25.5 Å². The van der Waals surface area contributed by atoms with Gasteiger partial charge in [0.25, 0.3) is 11.8 Å². The monoisotopic (exact) mass is 288 g/mol. The van der Waals surface area contributed by atoms with Gasteiger partial charge in [-0.25, -0.2) is 0 Å². The summed E-state index contributed by atoms with van der Waals surface area (Å²) >= 11 is 0. The average Bonchev–Trinajstić information content (AvgIpc) is 3.01. The molecule has 0 radical (unpaired) electrons. The van der Waals surface area contributed by atoms with E-state index in [-0.39, 0.29) is 18.4 Å². The summed E-state index contributed by atoms with van der Waals surface area (Å²) in [6, 6.07) is 8.90. The molecule has 0 saturated carbocycles. The van der Waals surface area contributed by atoms with Crippen LogP contribution in [0.4, 0.5) is 0 Å². The van der Waals surface area contributed by atoms with Crippen LogP contribution in [0, 0.1) is 6.92 Å². The Morgan fingerprint density at radius 2 is 2.33 bits per heavy atom. The molecule has 0 unspecified atom stereocenters. The average molecular weight is 288 g/mol. The van der Waals surface area contributed by atoms with E-state index in [2.05, 4.69) is 10.5 Å². The summed E-state index contributed by atoms with van der Waals surface area (Å²) in [5, 5.41) is 16.5. The van der Waals surface area contributed by atoms with Crippen molar-refractivity contribution in [2.75, 3.05) is 6.61 Å². The molecule has 1 aliphatic rings. The van der Waals surface area contributed by atoms with Crippen molar-refractivity contribution in [2.24, 2.45) is 0 Å². The van der Waals surface area contributed by atoms with Gasteiger partial charge in [-0.3, -0.25) is 4.79 Å². The minimum absolute atomic E-state index is 0.169. The first-order chi connectivity index (χ1) is 10.1. The van der Waals surface area contributed by atoms with Gasteiger partial charge in [-0.15, -0.1) is 0 Å². The van der Waals surface area contributed by atoms with E-state index in [1.807, 2.05) is 24.3 Å². The van der Waals surface area contributed by atoms with E-state index < -0.39 is 12.1 Å². The quantitative estimate of drug-likeness (QED) is 0.881. The van der Waals surface area contributed by atoms with Crippen molar-refractivity contribution in [3.8, 4) is 5.88 Å². The number of amides is 1. The van der Waals surface area contributed by atoms with Crippen molar-refractivity contribution in [3.63, 3.8) is 0 Å². The van der Waals surface area contributed by atoms with Gasteiger partial charge in [-0.1, -0.05) is 24.3 Å². The summed E-state index contributed by atoms with van der Waals surface area (Å²) < 4.78 is 10.1. The summed E-state index contributed by atoms with van der Waals surface area (Å²) in [4.78, 5) is 11.9. The second kappa shape index (κ2) is 5.57. The van der Waals surface area contributed by atoms with Crippen molar-refractivity contribution in [1.29, 1.82) is 0 Å². The van der Waals surface area contributed by atoms with Crippen LogP contribution in [0.5, 0.6) is 5.88 Å². The highest BCUT2D eigenvalue weighted by Crippen LogP contribution is 2.31. The number of ether oxygens (including phenoxy) is 1. The lowest BCUT2D eigenvalue weighted by molar-refractivity contribution is -0.124. The molecular weight excluding hydrogens is 272 g/mol. The van der Waals surface area contributed by atoms with E-state index in [0.717, 1.165) is 11.1 Å². The maximum Gasteiger partial charge on any atom is 0.258 e. The van der Waals surface area contributed by atoms with Gasteiger partial charge in [-0.05, 0) is 23.2 Å². The first-order valence-corrected chi connectivity index (χ1v) is 6.75. The van der Waals surface area contributed by atoms with Crippen LogP contribution in [-0.4, -0.2) is 28.9 Å². The van der Waals surface area contributed by atoms with E-state index >= 15 is 0 Å². The van der Waals surface area contributed by atoms with Gasteiger partial charge in [-0.2, -0.15) is 0 Å². The van der Waals surface area contributed by atoms with Crippen LogP contribution in [-0.2, 0) is 11.2 Å². The normalized spacial score (nSPS) is 20.1. The van der Waals surface area contributed by atoms with Crippen LogP contribution < -0.4 is 10.1 Å². The molecule has 0 spiro atoms. The number of aliphatic hydroxyl groups excluding tert-OH is 1. The number of aromatic nitrogens is 1. The van der Waals surface area contributed by atoms with E-state index in [4.69, 9.17) is 9.26 Å². The summed E-state index contributed by atoms with van der Waals surface area (Å²) in [6.45, 7) is 1.57. The third-order valence-corrected chi connectivity index (χ3v) is 3.48. The molecule has 1 aromatic carbocycles. The minimum Gasteiger partial charge on any atom is -0.465 e. The van der Waals surface area contributed by atoms with Gasteiger partial charge < -0.3 is 19.7 Å². The predicted molar refractivity (Wildman–Crippen MR) is 73.8 cm³/mol. The van der Waals surface area contributed by atoms with Crippen molar-refractivity contribution < 1.29 is 19.2 Å². The number of carbonyl (C=O) groups is 1. The highest BCUT2D eigenvalue weighted by atomic mass is 16.5. The van der Waals surface area contributed by atoms with E-state index in [0.29, 0.717) is 12.2 Å². The number of aryl methyl sites for hydroxylation is 1. The molecule has 1 aromatic heterocycles. The summed E-state index contributed by atoms with van der Waals surface area (Å²) in [5.41, 5.74) is 2.01. The fourth-order valence-corrected chi connectivity index (χ4v) is 2.51. The maximum atomic E-state index is 11.9. The zero-order chi connectivity index (χ0) is 14.8. The molecule has 1 heterocycles. The topological polar surface area (TPSA) is 84.6 Å². The molecule has 3 rings (SSSR count). The lowest BCUT2D eigenvalue weighted by atomic mass is 10.1. The van der Waals surface area contributed by atoms with Gasteiger partial charge in [0.05, 0.1) is 12.1 Å². The number of benzene rings is 1. The maximum absolute atomic E-state index is 11.9. The van der Waals surface area contributed by atoms with E-state index in [9.17, 15) is 9.90 Å². The van der Waals surface area contributed by atoms with Crippen LogP contribution in [0.2, 0.25) is 0 Å². The van der Waals surface area contributed by atoms with Crippen LogP contribution in [0.3, 0.4) is 0 Å². The lowest BCUT2D eigenvalue weighted by Crippen LogP contribution is -2.36. The van der Waals surface area contributed by atoms with Crippen molar-refractivity contribution in [3.05, 3.63) is 47.2 Å². The number of hydrogen-bond acceptors (Lipinski definition) is 5. The molecule has 0 fully saturated rings. The molecule has 0 bridgehead atoms. The highest BCUT2D eigenvalue weighted by Gasteiger charge is 2.31. The number of nitrogens with zero attached hydrogens (tertiary/aromatic N) is 1. The summed E-state index contributed by atoms with van der Waals surface area (Å²) in [7, 11) is 0. The number of aliphatic hydroxyl groups is 1. The number of carbonyl (C=O) groups excluding carboxylic acids is 1. The van der Waals surface area contributed by atoms with Crippen LogP contribution in [0.25, 0.3) is 0 Å². The van der Waals surface area contributed by atoms with Gasteiger partial charge in [0.15, 0.2) is 6.61 Å². The Balaban J connectivity index is 1.60. The van der Waals surface area contributed by atoms with Crippen LogP contribution >= 0.6 is 0 Å². The first kappa shape index (κ1) is 13.6. The van der Waals surface area contributed by atoms with Gasteiger partial charge in [0, 0.05) is 12.5 Å². The number of hydrogen-bond donors (Lipinski definition) is 2. The van der Waals surface area contributed by atoms with E-state index in [1.54, 1.807) is 13.0 Å². The second-order valence-corrected chi connectivity index (χ2v) is 5.08. The molecule has 21 heavy (non-hydrogen) atoms. The highest BCUT2D eigenvalue weighted by molar-refractivity contribution is 5.78. The summed E-state index contributed by atoms with van der Waals surface area (Å²) in [5.74, 6) is 0.581. The molecule has 2 N–H and O–H groups in total. The first-order valence-electron chi connectivity index (χ1n) is 6.75. The number of fused-ring (bicyclic) bond motifs is 1. The van der Waals surface area contributed by atoms with Gasteiger partial charge in [0.1, 0.15) is 5.76 Å². The van der Waals surface area contributed by atoms with Crippen molar-refractivity contribution in [1.82, 2.24) is 10.5 Å². The SMILES string of the molecule is Cc1cc(OCC(=O)N[C@H]2c3ccccc3C[C@H]2O)no1. The minimum atomic E-state index is -0.611. The zero-order valence-electron chi connectivity index (χ0n) is 11.6. The molecule has 6 nitrogen and oxygen atoms in total. The van der Waals surface area contributed by atoms with Crippen LogP contribution in [0.15, 0.2) is 34.9 Å². The largest absolute Gasteiger partial charge is 0.465 e. The molecule has 0 saturated heterocycles. The number of rotatable bonds is 4. The lowest BCUT2D eigenvalue weighted by Gasteiger charge is -2.17. The molecule has 1 aliphatic carbocycles. The Morgan fingerprint density at radius 1 is 1.52 bits per heavy atom. The predicted octanol–water partition coefficient (Wildman–Crippen LogP) is 1.14. The standard InChI is InChI=1S/C15H16N2O4/c1-9-6-14(17-21-9)20-8-13(19)16-15-11-5-3-2-4-10(11)7-12(15)18/h2-6,12,15,18H,7-8H2,1H3,(H,16,19)/t12-,15+/m1/s1. The Bertz CT molecular complexity index is 653. The van der Waals surface area contributed by atoms with Crippen molar-refractivity contribution >= 4 is 5.91 Å². The summed E-state index contributed by atoms with van der Waals surface area (Å²) in [6.07, 6.45) is -0.0644. The number of nitrogens with one attached hydrogen (secondary N) is 1. The zero-order valence-corrected chi connectivity index (χ0v) is 11.6. The molecule has 1 amide bonds. The van der Waals surface area contributed by atoms with E-state index in [1.165, 1.54) is 0 Å². The van der Waals surface area contributed by atoms with Crippen LogP contribution in [0.1, 0.15) is 22.9 Å². The molecule has 110 valence electrons. The Morgan fingerprint density at radius 3 is 3.10 bits per heavy atom. The molecular formula is C15H16N2O4. The molecule has 2 aromatic rings. The fourth-order valence-electron chi connectivity index (χ4n) is 2.51. The fraction of sp³-hybridized carbons (Fsp3) is 0.333.